The highest BCUT2D eigenvalue weighted by Crippen LogP contribution is 2.58. The van der Waals surface area contributed by atoms with Gasteiger partial charge in [0.15, 0.2) is 0 Å². The zero-order valence-electron chi connectivity index (χ0n) is 6.23. The molecule has 0 aliphatic heterocycles. The molecule has 0 aromatic rings. The van der Waals surface area contributed by atoms with Gasteiger partial charge in [-0.2, -0.15) is 0 Å². The van der Waals surface area contributed by atoms with Crippen LogP contribution in [0.15, 0.2) is 24.3 Å². The lowest BCUT2D eigenvalue weighted by Crippen LogP contribution is -2.14. The van der Waals surface area contributed by atoms with E-state index in [0.717, 1.165) is 0 Å². The van der Waals surface area contributed by atoms with Gasteiger partial charge >= 0.3 is 0 Å². The van der Waals surface area contributed by atoms with E-state index in [1.54, 1.807) is 0 Å². The predicted octanol–water partition coefficient (Wildman–Crippen LogP) is 1.56. The Balaban J connectivity index is 2.10. The fraction of sp³-hybridized carbons (Fsp3) is 0.500. The Morgan fingerprint density at radius 3 is 2.18 bits per heavy atom. The highest BCUT2D eigenvalue weighted by Gasteiger charge is 2.57. The second kappa shape index (κ2) is 1.66. The van der Waals surface area contributed by atoms with Crippen molar-refractivity contribution in [1.29, 1.82) is 0 Å². The van der Waals surface area contributed by atoms with Crippen LogP contribution in [0.1, 0.15) is 6.42 Å². The molecule has 2 saturated carbocycles. The van der Waals surface area contributed by atoms with Gasteiger partial charge in [0, 0.05) is 11.8 Å². The van der Waals surface area contributed by atoms with E-state index in [1.165, 1.54) is 6.42 Å². The molecule has 56 valence electrons. The molecule has 3 rings (SSSR count). The summed E-state index contributed by atoms with van der Waals surface area (Å²) < 4.78 is 0. The van der Waals surface area contributed by atoms with Gasteiger partial charge in [-0.25, -0.2) is 0 Å². The summed E-state index contributed by atoms with van der Waals surface area (Å²) in [5.74, 6) is 2.46. The summed E-state index contributed by atoms with van der Waals surface area (Å²) in [6.45, 7) is 0. The van der Waals surface area contributed by atoms with E-state index < -0.39 is 0 Å². The lowest BCUT2D eigenvalue weighted by molar-refractivity contribution is -0.122. The van der Waals surface area contributed by atoms with Gasteiger partial charge in [-0.3, -0.25) is 4.79 Å². The number of Topliss-reactive ketones (excluding diaryl/α,β-unsaturated/α-hetero) is 1. The van der Waals surface area contributed by atoms with E-state index in [-0.39, 0.29) is 11.8 Å². The highest BCUT2D eigenvalue weighted by molar-refractivity contribution is 5.91. The molecule has 1 heteroatoms. The molecule has 0 N–H and O–H groups in total. The largest absolute Gasteiger partial charge is 0.298 e. The van der Waals surface area contributed by atoms with Crippen molar-refractivity contribution < 1.29 is 4.79 Å². The average Bonchev–Trinajstić information content (AvgIpc) is 2.63. The minimum Gasteiger partial charge on any atom is -0.298 e. The first-order chi connectivity index (χ1) is 5.38. The van der Waals surface area contributed by atoms with Gasteiger partial charge in [0.05, 0.1) is 0 Å². The van der Waals surface area contributed by atoms with Gasteiger partial charge in [0.1, 0.15) is 5.78 Å². The van der Waals surface area contributed by atoms with Crippen molar-refractivity contribution in [2.75, 3.05) is 0 Å². The van der Waals surface area contributed by atoms with Crippen molar-refractivity contribution in [3.63, 3.8) is 0 Å². The van der Waals surface area contributed by atoms with Crippen molar-refractivity contribution in [2.45, 2.75) is 6.42 Å². The Morgan fingerprint density at radius 1 is 1.09 bits per heavy atom. The fourth-order valence-electron chi connectivity index (χ4n) is 2.55. The molecule has 0 radical (unpaired) electrons. The zero-order valence-corrected chi connectivity index (χ0v) is 6.23. The number of ketones is 1. The third-order valence-corrected chi connectivity index (χ3v) is 3.22. The number of allylic oxidation sites excluding steroid dienone is 4. The molecule has 0 spiro atoms. The van der Waals surface area contributed by atoms with Gasteiger partial charge < -0.3 is 0 Å². The van der Waals surface area contributed by atoms with Crippen molar-refractivity contribution in [3.8, 4) is 0 Å². The SMILES string of the molecule is O=C1C2C=CC=CC1C1CC21. The highest BCUT2D eigenvalue weighted by atomic mass is 16.1. The summed E-state index contributed by atoms with van der Waals surface area (Å²) in [5, 5.41) is 0. The van der Waals surface area contributed by atoms with E-state index in [0.29, 0.717) is 17.6 Å². The molecule has 4 unspecified atom stereocenters. The first-order valence-electron chi connectivity index (χ1n) is 4.26. The molecular formula is C10H10O. The van der Waals surface area contributed by atoms with Crippen LogP contribution in [0.5, 0.6) is 0 Å². The van der Waals surface area contributed by atoms with E-state index in [1.807, 2.05) is 12.2 Å². The molecule has 11 heavy (non-hydrogen) atoms. The van der Waals surface area contributed by atoms with Crippen molar-refractivity contribution in [3.05, 3.63) is 24.3 Å². The third kappa shape index (κ3) is 0.590. The summed E-state index contributed by atoms with van der Waals surface area (Å²) in [6.07, 6.45) is 9.50. The number of carbonyl (C=O) groups excluding carboxylic acids is 1. The lowest BCUT2D eigenvalue weighted by atomic mass is 9.97. The van der Waals surface area contributed by atoms with Crippen LogP contribution in [0.3, 0.4) is 0 Å². The number of rotatable bonds is 0. The van der Waals surface area contributed by atoms with E-state index >= 15 is 0 Å². The standard InChI is InChI=1S/C10H10O/c11-10-6-3-1-2-4-7(10)9-5-8(6)9/h1-4,6-9H,5H2. The Morgan fingerprint density at radius 2 is 1.64 bits per heavy atom. The van der Waals surface area contributed by atoms with Crippen LogP contribution in [0.25, 0.3) is 0 Å². The lowest BCUT2D eigenvalue weighted by Gasteiger charge is -2.05. The van der Waals surface area contributed by atoms with Crippen LogP contribution in [-0.2, 0) is 4.79 Å². The molecule has 0 saturated heterocycles. The molecule has 0 heterocycles. The van der Waals surface area contributed by atoms with Crippen LogP contribution in [0, 0.1) is 23.7 Å². The summed E-state index contributed by atoms with van der Waals surface area (Å²) in [6, 6.07) is 0. The molecule has 4 atom stereocenters. The third-order valence-electron chi connectivity index (χ3n) is 3.22. The fourth-order valence-corrected chi connectivity index (χ4v) is 2.55. The maximum absolute atomic E-state index is 11.5. The van der Waals surface area contributed by atoms with Crippen LogP contribution in [0.4, 0.5) is 0 Å². The maximum Gasteiger partial charge on any atom is 0.147 e. The van der Waals surface area contributed by atoms with Crippen LogP contribution in [-0.4, -0.2) is 5.78 Å². The molecule has 0 aromatic heterocycles. The molecule has 2 fully saturated rings. The summed E-state index contributed by atoms with van der Waals surface area (Å²) in [4.78, 5) is 11.5. The minimum absolute atomic E-state index is 0.278. The number of hydrogen-bond donors (Lipinski definition) is 0. The first kappa shape index (κ1) is 5.76. The smallest absolute Gasteiger partial charge is 0.147 e. The van der Waals surface area contributed by atoms with Crippen molar-refractivity contribution >= 4 is 5.78 Å². The molecule has 1 nitrogen and oxygen atoms in total. The first-order valence-corrected chi connectivity index (χ1v) is 4.26. The Hall–Kier alpha value is -0.850. The Kier molecular flexibility index (Phi) is 0.867. The molecule has 3 aliphatic carbocycles. The molecule has 0 aromatic carbocycles. The van der Waals surface area contributed by atoms with Gasteiger partial charge in [0.2, 0.25) is 0 Å². The van der Waals surface area contributed by atoms with Crippen LogP contribution >= 0.6 is 0 Å². The van der Waals surface area contributed by atoms with E-state index in [9.17, 15) is 4.79 Å². The summed E-state index contributed by atoms with van der Waals surface area (Å²) in [7, 11) is 0. The summed E-state index contributed by atoms with van der Waals surface area (Å²) in [5.41, 5.74) is 0. The van der Waals surface area contributed by atoms with E-state index in [2.05, 4.69) is 12.2 Å². The number of carbonyl (C=O) groups is 1. The Labute approximate surface area is 65.8 Å². The topological polar surface area (TPSA) is 17.1 Å². The number of hydrogen-bond acceptors (Lipinski definition) is 1. The normalized spacial score (nSPS) is 50.7. The Bertz CT molecular complexity index is 249. The molecule has 3 aliphatic rings. The predicted molar refractivity (Wildman–Crippen MR) is 41.9 cm³/mol. The summed E-state index contributed by atoms with van der Waals surface area (Å²) >= 11 is 0. The average molecular weight is 146 g/mol. The molecular weight excluding hydrogens is 136 g/mol. The second-order valence-corrected chi connectivity index (χ2v) is 3.79. The maximum atomic E-state index is 11.5. The number of fused-ring (bicyclic) bond motifs is 5. The van der Waals surface area contributed by atoms with Crippen LogP contribution < -0.4 is 0 Å². The molecule has 0 amide bonds. The van der Waals surface area contributed by atoms with Crippen molar-refractivity contribution in [2.24, 2.45) is 23.7 Å². The van der Waals surface area contributed by atoms with Gasteiger partial charge in [0.25, 0.3) is 0 Å². The molecule has 2 bridgehead atoms. The van der Waals surface area contributed by atoms with Crippen molar-refractivity contribution in [1.82, 2.24) is 0 Å². The van der Waals surface area contributed by atoms with E-state index in [4.69, 9.17) is 0 Å². The van der Waals surface area contributed by atoms with Crippen LogP contribution in [0.2, 0.25) is 0 Å². The monoisotopic (exact) mass is 146 g/mol. The zero-order chi connectivity index (χ0) is 7.42. The second-order valence-electron chi connectivity index (χ2n) is 3.79. The van der Waals surface area contributed by atoms with Gasteiger partial charge in [-0.05, 0) is 18.3 Å². The van der Waals surface area contributed by atoms with Gasteiger partial charge in [-0.1, -0.05) is 24.3 Å². The van der Waals surface area contributed by atoms with Gasteiger partial charge in [-0.15, -0.1) is 0 Å². The minimum atomic E-state index is 0.278. The quantitative estimate of drug-likeness (QED) is 0.507.